The predicted octanol–water partition coefficient (Wildman–Crippen LogP) is 2.39. The third-order valence-corrected chi connectivity index (χ3v) is 2.98. The van der Waals surface area contributed by atoms with Crippen LogP contribution in [-0.2, 0) is 4.79 Å². The molecule has 0 aliphatic carbocycles. The number of rotatable bonds is 5. The van der Waals surface area contributed by atoms with E-state index in [0.717, 1.165) is 28.6 Å². The van der Waals surface area contributed by atoms with Crippen molar-refractivity contribution in [2.75, 3.05) is 25.6 Å². The van der Waals surface area contributed by atoms with Crippen LogP contribution in [0.1, 0.15) is 11.1 Å². The molecule has 1 N–H and O–H groups in total. The molecule has 0 saturated carbocycles. The molecule has 0 radical (unpaired) electrons. The largest absolute Gasteiger partial charge is 0.496 e. The van der Waals surface area contributed by atoms with E-state index >= 15 is 0 Å². The molecule has 0 unspecified atom stereocenters. The van der Waals surface area contributed by atoms with Crippen molar-refractivity contribution in [2.45, 2.75) is 13.8 Å². The number of aliphatic carboxylic acids is 1. The zero-order valence-electron chi connectivity index (χ0n) is 11.2. The molecule has 98 valence electrons. The summed E-state index contributed by atoms with van der Waals surface area (Å²) in [4.78, 5) is 12.4. The van der Waals surface area contributed by atoms with Gasteiger partial charge in [0.25, 0.3) is 0 Å². The van der Waals surface area contributed by atoms with E-state index in [2.05, 4.69) is 0 Å². The van der Waals surface area contributed by atoms with Crippen molar-refractivity contribution in [1.29, 1.82) is 0 Å². The van der Waals surface area contributed by atoms with E-state index in [1.54, 1.807) is 13.2 Å². The molecule has 4 nitrogen and oxygen atoms in total. The van der Waals surface area contributed by atoms with Crippen LogP contribution in [0, 0.1) is 13.8 Å². The van der Waals surface area contributed by atoms with Gasteiger partial charge in [-0.3, -0.25) is 0 Å². The van der Waals surface area contributed by atoms with E-state index in [9.17, 15) is 4.79 Å². The molecule has 4 heteroatoms. The summed E-state index contributed by atoms with van der Waals surface area (Å²) in [6, 6.07) is 3.91. The number of benzene rings is 1. The highest BCUT2D eigenvalue weighted by Gasteiger charge is 2.09. The lowest BCUT2D eigenvalue weighted by atomic mass is 10.1. The summed E-state index contributed by atoms with van der Waals surface area (Å²) in [5.41, 5.74) is 3.31. The number of carbonyl (C=O) groups is 1. The van der Waals surface area contributed by atoms with E-state index < -0.39 is 5.97 Å². The number of likely N-dealkylation sites (N-methyl/N-ethyl adjacent to an activating group) is 1. The molecule has 0 aromatic heterocycles. The Labute approximate surface area is 107 Å². The second-order valence-corrected chi connectivity index (χ2v) is 4.16. The third kappa shape index (κ3) is 3.26. The molecule has 0 heterocycles. The summed E-state index contributed by atoms with van der Waals surface area (Å²) >= 11 is 0. The number of carboxylic acid groups (broad SMARTS) is 1. The quantitative estimate of drug-likeness (QED) is 0.814. The van der Waals surface area contributed by atoms with Crippen molar-refractivity contribution in [3.05, 3.63) is 35.4 Å². The Balaban J connectivity index is 2.90. The van der Waals surface area contributed by atoms with Crippen molar-refractivity contribution < 1.29 is 14.6 Å². The summed E-state index contributed by atoms with van der Waals surface area (Å²) in [7, 11) is 3.58. The van der Waals surface area contributed by atoms with Crippen LogP contribution in [0.25, 0.3) is 0 Å². The topological polar surface area (TPSA) is 49.8 Å². The minimum Gasteiger partial charge on any atom is -0.496 e. The maximum atomic E-state index is 10.4. The van der Waals surface area contributed by atoms with Crippen LogP contribution >= 0.6 is 0 Å². The second-order valence-electron chi connectivity index (χ2n) is 4.16. The molecule has 0 aliphatic heterocycles. The average molecular weight is 249 g/mol. The first-order valence-corrected chi connectivity index (χ1v) is 5.72. The van der Waals surface area contributed by atoms with Crippen molar-refractivity contribution in [3.8, 4) is 5.75 Å². The second kappa shape index (κ2) is 6.10. The minimum atomic E-state index is -0.925. The number of hydrogen-bond acceptors (Lipinski definition) is 3. The van der Waals surface area contributed by atoms with Gasteiger partial charge < -0.3 is 14.7 Å². The maximum absolute atomic E-state index is 10.4. The fourth-order valence-corrected chi connectivity index (χ4v) is 1.83. The summed E-state index contributed by atoms with van der Waals surface area (Å²) < 4.78 is 5.26. The Bertz CT molecular complexity index is 466. The molecule has 18 heavy (non-hydrogen) atoms. The van der Waals surface area contributed by atoms with Gasteiger partial charge in [-0.05, 0) is 37.1 Å². The van der Waals surface area contributed by atoms with Gasteiger partial charge in [-0.15, -0.1) is 0 Å². The standard InChI is InChI=1S/C14H19NO3/c1-10-11(2)13(18-4)8-7-12(10)15(3)9-5-6-14(16)17/h5-8H,9H2,1-4H3,(H,16,17)/b6-5+. The highest BCUT2D eigenvalue weighted by Crippen LogP contribution is 2.29. The zero-order valence-corrected chi connectivity index (χ0v) is 11.2. The average Bonchev–Trinajstić information content (AvgIpc) is 2.32. The van der Waals surface area contributed by atoms with Crippen LogP contribution in [0.2, 0.25) is 0 Å². The SMILES string of the molecule is COc1ccc(N(C)C/C=C/C(=O)O)c(C)c1C. The molecular weight excluding hydrogens is 230 g/mol. The van der Waals surface area contributed by atoms with Crippen LogP contribution < -0.4 is 9.64 Å². The van der Waals surface area contributed by atoms with Crippen molar-refractivity contribution in [3.63, 3.8) is 0 Å². The minimum absolute atomic E-state index is 0.554. The van der Waals surface area contributed by atoms with Gasteiger partial charge in [0.1, 0.15) is 5.75 Å². The molecule has 0 saturated heterocycles. The van der Waals surface area contributed by atoms with E-state index in [1.165, 1.54) is 0 Å². The maximum Gasteiger partial charge on any atom is 0.328 e. The fraction of sp³-hybridized carbons (Fsp3) is 0.357. The number of carboxylic acids is 1. The first-order chi connectivity index (χ1) is 8.47. The lowest BCUT2D eigenvalue weighted by Gasteiger charge is -2.22. The van der Waals surface area contributed by atoms with Crippen molar-refractivity contribution in [1.82, 2.24) is 0 Å². The Morgan fingerprint density at radius 3 is 2.61 bits per heavy atom. The number of anilines is 1. The Kier molecular flexibility index (Phi) is 4.77. The van der Waals surface area contributed by atoms with E-state index in [4.69, 9.17) is 9.84 Å². The van der Waals surface area contributed by atoms with Gasteiger partial charge in [-0.2, -0.15) is 0 Å². The third-order valence-electron chi connectivity index (χ3n) is 2.98. The molecule has 0 spiro atoms. The van der Waals surface area contributed by atoms with Crippen LogP contribution in [0.3, 0.4) is 0 Å². The van der Waals surface area contributed by atoms with Gasteiger partial charge in [0, 0.05) is 25.4 Å². The molecular formula is C14H19NO3. The molecule has 1 aromatic carbocycles. The summed E-state index contributed by atoms with van der Waals surface area (Å²) in [5, 5.41) is 8.54. The molecule has 1 rings (SSSR count). The van der Waals surface area contributed by atoms with Gasteiger partial charge in [0.05, 0.1) is 7.11 Å². The van der Waals surface area contributed by atoms with Gasteiger partial charge in [0.15, 0.2) is 0 Å². The van der Waals surface area contributed by atoms with Gasteiger partial charge in [-0.25, -0.2) is 4.79 Å². The molecule has 1 aromatic rings. The van der Waals surface area contributed by atoms with E-state index in [1.807, 2.05) is 37.9 Å². The Morgan fingerprint density at radius 2 is 2.06 bits per heavy atom. The monoisotopic (exact) mass is 249 g/mol. The molecule has 0 aliphatic rings. The summed E-state index contributed by atoms with van der Waals surface area (Å²) in [6.07, 6.45) is 2.78. The van der Waals surface area contributed by atoms with E-state index in [0.29, 0.717) is 6.54 Å². The Hall–Kier alpha value is -1.97. The van der Waals surface area contributed by atoms with Gasteiger partial charge >= 0.3 is 5.97 Å². The predicted molar refractivity (Wildman–Crippen MR) is 72.5 cm³/mol. The van der Waals surface area contributed by atoms with Crippen molar-refractivity contribution in [2.24, 2.45) is 0 Å². The van der Waals surface area contributed by atoms with Crippen LogP contribution in [0.5, 0.6) is 5.75 Å². The lowest BCUT2D eigenvalue weighted by Crippen LogP contribution is -2.18. The van der Waals surface area contributed by atoms with Gasteiger partial charge in [-0.1, -0.05) is 6.08 Å². The molecule has 0 fully saturated rings. The number of ether oxygens (including phenoxy) is 1. The van der Waals surface area contributed by atoms with Crippen molar-refractivity contribution >= 4 is 11.7 Å². The normalized spacial score (nSPS) is 10.7. The first-order valence-electron chi connectivity index (χ1n) is 5.72. The molecule has 0 bridgehead atoms. The van der Waals surface area contributed by atoms with Crippen LogP contribution in [-0.4, -0.2) is 31.8 Å². The molecule has 0 atom stereocenters. The number of nitrogens with zero attached hydrogens (tertiary/aromatic N) is 1. The van der Waals surface area contributed by atoms with Crippen LogP contribution in [0.4, 0.5) is 5.69 Å². The smallest absolute Gasteiger partial charge is 0.328 e. The highest BCUT2D eigenvalue weighted by molar-refractivity contribution is 5.79. The van der Waals surface area contributed by atoms with Crippen LogP contribution in [0.15, 0.2) is 24.3 Å². The number of hydrogen-bond donors (Lipinski definition) is 1. The summed E-state index contributed by atoms with van der Waals surface area (Å²) in [6.45, 7) is 4.60. The highest BCUT2D eigenvalue weighted by atomic mass is 16.5. The lowest BCUT2D eigenvalue weighted by molar-refractivity contribution is -0.131. The Morgan fingerprint density at radius 1 is 1.39 bits per heavy atom. The fourth-order valence-electron chi connectivity index (χ4n) is 1.83. The summed E-state index contributed by atoms with van der Waals surface area (Å²) in [5.74, 6) is -0.0586. The number of methoxy groups -OCH3 is 1. The van der Waals surface area contributed by atoms with E-state index in [-0.39, 0.29) is 0 Å². The first kappa shape index (κ1) is 14.1. The van der Waals surface area contributed by atoms with Gasteiger partial charge in [0.2, 0.25) is 0 Å². The zero-order chi connectivity index (χ0) is 13.7. The molecule has 0 amide bonds.